The van der Waals surface area contributed by atoms with E-state index >= 15 is 0 Å². The molecule has 0 heterocycles. The van der Waals surface area contributed by atoms with Gasteiger partial charge in [0, 0.05) is 12.3 Å². The molecule has 0 aromatic heterocycles. The van der Waals surface area contributed by atoms with Crippen LogP contribution in [0, 0.1) is 5.92 Å². The highest BCUT2D eigenvalue weighted by Gasteiger charge is 2.15. The summed E-state index contributed by atoms with van der Waals surface area (Å²) in [5.41, 5.74) is 1.05. The zero-order chi connectivity index (χ0) is 14.7. The van der Waals surface area contributed by atoms with Crippen LogP contribution in [0.3, 0.4) is 0 Å². The molecule has 0 amide bonds. The van der Waals surface area contributed by atoms with Gasteiger partial charge in [-0.25, -0.2) is 4.79 Å². The number of carbonyl (C=O) groups excluding carboxylic acids is 1. The fourth-order valence-corrected chi connectivity index (χ4v) is 2.34. The van der Waals surface area contributed by atoms with Crippen molar-refractivity contribution in [2.24, 2.45) is 5.92 Å². The van der Waals surface area contributed by atoms with E-state index in [0.29, 0.717) is 18.4 Å². The van der Waals surface area contributed by atoms with Crippen LogP contribution in [0.1, 0.15) is 36.2 Å². The van der Waals surface area contributed by atoms with Gasteiger partial charge in [0.1, 0.15) is 5.78 Å². The Morgan fingerprint density at radius 3 is 2.45 bits per heavy atom. The average Bonchev–Trinajstić information content (AvgIpc) is 2.43. The van der Waals surface area contributed by atoms with Crippen LogP contribution < -0.4 is 0 Å². The average molecular weight is 270 g/mol. The molecule has 0 aliphatic carbocycles. The maximum atomic E-state index is 11.8. The molecule has 3 heteroatoms. The predicted molar refractivity (Wildman–Crippen MR) is 79.1 cm³/mol. The first-order valence-electron chi connectivity index (χ1n) is 6.77. The zero-order valence-electron chi connectivity index (χ0n) is 11.7. The lowest BCUT2D eigenvalue weighted by molar-refractivity contribution is -0.121. The third-order valence-electron chi connectivity index (χ3n) is 3.54. The number of fused-ring (bicyclic) bond motifs is 1. The van der Waals surface area contributed by atoms with Gasteiger partial charge in [-0.05, 0) is 28.8 Å². The number of ketones is 1. The van der Waals surface area contributed by atoms with Crippen molar-refractivity contribution in [3.05, 3.63) is 47.5 Å². The fraction of sp³-hybridized carbons (Fsp3) is 0.294. The van der Waals surface area contributed by atoms with Crippen molar-refractivity contribution in [3.8, 4) is 0 Å². The lowest BCUT2D eigenvalue weighted by Gasteiger charge is -2.11. The topological polar surface area (TPSA) is 54.4 Å². The summed E-state index contributed by atoms with van der Waals surface area (Å²) >= 11 is 0. The molecule has 2 aromatic rings. The van der Waals surface area contributed by atoms with E-state index in [1.165, 1.54) is 0 Å². The van der Waals surface area contributed by atoms with Crippen LogP contribution >= 0.6 is 0 Å². The lowest BCUT2D eigenvalue weighted by atomic mass is 9.93. The van der Waals surface area contributed by atoms with Crippen LogP contribution in [-0.2, 0) is 11.2 Å². The van der Waals surface area contributed by atoms with Gasteiger partial charge in [-0.1, -0.05) is 44.2 Å². The Morgan fingerprint density at radius 1 is 1.10 bits per heavy atom. The molecule has 1 N–H and O–H groups in total. The number of hydrogen-bond acceptors (Lipinski definition) is 2. The Morgan fingerprint density at radius 2 is 1.80 bits per heavy atom. The largest absolute Gasteiger partial charge is 0.478 e. The molecular formula is C17H18O3. The van der Waals surface area contributed by atoms with E-state index in [9.17, 15) is 14.7 Å². The van der Waals surface area contributed by atoms with Gasteiger partial charge in [-0.2, -0.15) is 0 Å². The molecule has 20 heavy (non-hydrogen) atoms. The fourth-order valence-electron chi connectivity index (χ4n) is 2.34. The normalized spacial score (nSPS) is 10.9. The molecule has 0 atom stereocenters. The van der Waals surface area contributed by atoms with E-state index in [2.05, 4.69) is 0 Å². The number of aromatic carboxylic acids is 1. The van der Waals surface area contributed by atoms with Gasteiger partial charge in [0.2, 0.25) is 0 Å². The highest BCUT2D eigenvalue weighted by Crippen LogP contribution is 2.24. The third-order valence-corrected chi connectivity index (χ3v) is 3.54. The minimum atomic E-state index is -0.942. The molecule has 2 rings (SSSR count). The van der Waals surface area contributed by atoms with Crippen molar-refractivity contribution in [1.29, 1.82) is 0 Å². The van der Waals surface area contributed by atoms with Gasteiger partial charge in [0.15, 0.2) is 0 Å². The van der Waals surface area contributed by atoms with E-state index < -0.39 is 5.97 Å². The maximum Gasteiger partial charge on any atom is 0.335 e. The van der Waals surface area contributed by atoms with Gasteiger partial charge in [-0.15, -0.1) is 0 Å². The van der Waals surface area contributed by atoms with E-state index in [0.717, 1.165) is 16.3 Å². The number of carboxylic acids is 1. The lowest BCUT2D eigenvalue weighted by Crippen LogP contribution is -2.10. The molecule has 0 aliphatic rings. The van der Waals surface area contributed by atoms with Crippen molar-refractivity contribution in [3.63, 3.8) is 0 Å². The van der Waals surface area contributed by atoms with Crippen molar-refractivity contribution >= 4 is 22.5 Å². The summed E-state index contributed by atoms with van der Waals surface area (Å²) in [7, 11) is 0. The summed E-state index contributed by atoms with van der Waals surface area (Å²) in [6.07, 6.45) is 0.853. The Kier molecular flexibility index (Phi) is 4.18. The molecule has 104 valence electrons. The van der Waals surface area contributed by atoms with Crippen LogP contribution in [0.5, 0.6) is 0 Å². The smallest absolute Gasteiger partial charge is 0.335 e. The number of Topliss-reactive ketones (excluding diaryl/α,β-unsaturated/α-hetero) is 1. The molecule has 0 aliphatic heterocycles. The second-order valence-corrected chi connectivity index (χ2v) is 5.24. The molecule has 0 fully saturated rings. The van der Waals surface area contributed by atoms with Crippen LogP contribution in [0.25, 0.3) is 10.8 Å². The maximum absolute atomic E-state index is 11.8. The van der Waals surface area contributed by atoms with Crippen LogP contribution in [0.4, 0.5) is 0 Å². The van der Waals surface area contributed by atoms with Crippen molar-refractivity contribution < 1.29 is 14.7 Å². The van der Waals surface area contributed by atoms with Crippen molar-refractivity contribution in [2.45, 2.75) is 26.7 Å². The monoisotopic (exact) mass is 270 g/mol. The SMILES string of the molecule is CC(C)C(=O)CCc1c(C(=O)O)ccc2ccccc12. The zero-order valence-corrected chi connectivity index (χ0v) is 11.7. The first-order valence-corrected chi connectivity index (χ1v) is 6.77. The van der Waals surface area contributed by atoms with Gasteiger partial charge >= 0.3 is 5.97 Å². The minimum absolute atomic E-state index is 0.0155. The quantitative estimate of drug-likeness (QED) is 0.901. The molecule has 0 bridgehead atoms. The summed E-state index contributed by atoms with van der Waals surface area (Å²) in [6, 6.07) is 11.1. The highest BCUT2D eigenvalue weighted by atomic mass is 16.4. The van der Waals surface area contributed by atoms with Crippen molar-refractivity contribution in [2.75, 3.05) is 0 Å². The molecule has 0 spiro atoms. The third kappa shape index (κ3) is 2.87. The summed E-state index contributed by atoms with van der Waals surface area (Å²) in [6.45, 7) is 3.73. The Labute approximate surface area is 118 Å². The number of rotatable bonds is 5. The first-order chi connectivity index (χ1) is 9.50. The molecular weight excluding hydrogens is 252 g/mol. The van der Waals surface area contributed by atoms with Gasteiger partial charge < -0.3 is 5.11 Å². The van der Waals surface area contributed by atoms with Crippen LogP contribution in [0.15, 0.2) is 36.4 Å². The molecule has 0 unspecified atom stereocenters. The molecule has 0 radical (unpaired) electrons. The standard InChI is InChI=1S/C17H18O3/c1-11(2)16(18)10-9-14-13-6-4-3-5-12(13)7-8-15(14)17(19)20/h3-8,11H,9-10H2,1-2H3,(H,19,20). The first kappa shape index (κ1) is 14.3. The van der Waals surface area contributed by atoms with Gasteiger partial charge in [0.25, 0.3) is 0 Å². The molecule has 0 saturated carbocycles. The van der Waals surface area contributed by atoms with E-state index in [1.54, 1.807) is 6.07 Å². The van der Waals surface area contributed by atoms with Crippen LogP contribution in [-0.4, -0.2) is 16.9 Å². The number of carbonyl (C=O) groups is 2. The van der Waals surface area contributed by atoms with E-state index in [4.69, 9.17) is 0 Å². The summed E-state index contributed by atoms with van der Waals surface area (Å²) in [5, 5.41) is 11.2. The minimum Gasteiger partial charge on any atom is -0.478 e. The number of aryl methyl sites for hydroxylation is 1. The van der Waals surface area contributed by atoms with Gasteiger partial charge in [0.05, 0.1) is 5.56 Å². The molecule has 3 nitrogen and oxygen atoms in total. The summed E-state index contributed by atoms with van der Waals surface area (Å²) in [4.78, 5) is 23.1. The number of carboxylic acid groups (broad SMARTS) is 1. The Hall–Kier alpha value is -2.16. The number of hydrogen-bond donors (Lipinski definition) is 1. The molecule has 2 aromatic carbocycles. The summed E-state index contributed by atoms with van der Waals surface area (Å²) in [5.74, 6) is -0.796. The van der Waals surface area contributed by atoms with Crippen molar-refractivity contribution in [1.82, 2.24) is 0 Å². The molecule has 0 saturated heterocycles. The van der Waals surface area contributed by atoms with Gasteiger partial charge in [-0.3, -0.25) is 4.79 Å². The second kappa shape index (κ2) is 5.87. The van der Waals surface area contributed by atoms with E-state index in [-0.39, 0.29) is 11.7 Å². The second-order valence-electron chi connectivity index (χ2n) is 5.24. The summed E-state index contributed by atoms with van der Waals surface area (Å²) < 4.78 is 0. The van der Waals surface area contributed by atoms with E-state index in [1.807, 2.05) is 44.2 Å². The predicted octanol–water partition coefficient (Wildman–Crippen LogP) is 3.70. The highest BCUT2D eigenvalue weighted by molar-refractivity contribution is 5.98. The number of benzene rings is 2. The Bertz CT molecular complexity index is 656. The Balaban J connectivity index is 2.44. The van der Waals surface area contributed by atoms with Crippen LogP contribution in [0.2, 0.25) is 0 Å².